The minimum Gasteiger partial charge on any atom is -0.663 e. The van der Waals surface area contributed by atoms with E-state index in [0.29, 0.717) is 25.9 Å². The Kier molecular flexibility index (Phi) is 8.98. The van der Waals surface area contributed by atoms with Crippen molar-refractivity contribution >= 4 is 11.7 Å². The van der Waals surface area contributed by atoms with Gasteiger partial charge in [-0.15, -0.1) is 0 Å². The van der Waals surface area contributed by atoms with Gasteiger partial charge in [0.25, 0.3) is 0 Å². The fourth-order valence-electron chi connectivity index (χ4n) is 3.95. The van der Waals surface area contributed by atoms with Gasteiger partial charge < -0.3 is 16.2 Å². The summed E-state index contributed by atoms with van der Waals surface area (Å²) in [5.74, 6) is -0.405. The van der Waals surface area contributed by atoms with Crippen molar-refractivity contribution in [3.05, 3.63) is 5.73 Å². The predicted octanol–water partition coefficient (Wildman–Crippen LogP) is 0.973. The molecule has 141 valence electrons. The molecule has 0 saturated carbocycles. The third kappa shape index (κ3) is 4.83. The van der Waals surface area contributed by atoms with E-state index in [1.165, 1.54) is 5.01 Å². The third-order valence-electron chi connectivity index (χ3n) is 5.50. The summed E-state index contributed by atoms with van der Waals surface area (Å²) in [6.45, 7) is 6.59. The summed E-state index contributed by atoms with van der Waals surface area (Å²) in [6, 6.07) is -0.506. The van der Waals surface area contributed by atoms with E-state index in [9.17, 15) is 14.7 Å². The summed E-state index contributed by atoms with van der Waals surface area (Å²) in [4.78, 5) is 25.2. The first-order valence-electron chi connectivity index (χ1n) is 8.98. The van der Waals surface area contributed by atoms with Crippen LogP contribution in [0, 0.1) is 50.0 Å². The first-order valence-corrected chi connectivity index (χ1v) is 8.98. The molecule has 3 N–H and O–H groups in total. The molecule has 5 unspecified atom stereocenters. The number of nitrogens with zero attached hydrogens (tertiary/aromatic N) is 2. The molecule has 1 radical (unpaired) electrons. The van der Waals surface area contributed by atoms with Crippen molar-refractivity contribution in [2.24, 2.45) is 5.92 Å². The van der Waals surface area contributed by atoms with Gasteiger partial charge in [0.05, 0.1) is 6.10 Å². The number of nitrogens with one attached hydrogen (secondary N) is 2. The van der Waals surface area contributed by atoms with Crippen molar-refractivity contribution < 1.29 is 58.8 Å². The van der Waals surface area contributed by atoms with Crippen LogP contribution >= 0.6 is 0 Å². The Morgan fingerprint density at radius 2 is 2.08 bits per heavy atom. The number of fused-ring (bicyclic) bond motifs is 1. The van der Waals surface area contributed by atoms with Gasteiger partial charge in [-0.25, -0.2) is 5.01 Å². The molecule has 0 bridgehead atoms. The Bertz CT molecular complexity index is 485. The first kappa shape index (κ1) is 23.5. The molecule has 0 spiro atoms. The summed E-state index contributed by atoms with van der Waals surface area (Å²) in [6.07, 6.45) is 1.82. The summed E-state index contributed by atoms with van der Waals surface area (Å²) < 4.78 is 0. The fraction of sp³-hybridized carbons (Fsp3) is 0.882. The van der Waals surface area contributed by atoms with E-state index in [1.807, 2.05) is 25.9 Å². The maximum Gasteiger partial charge on any atom is 0.223 e. The van der Waals surface area contributed by atoms with Gasteiger partial charge >= 0.3 is 0 Å². The average Bonchev–Trinajstić information content (AvgIpc) is 3.03. The van der Waals surface area contributed by atoms with Crippen LogP contribution in [-0.2, 0) is 9.59 Å². The molecule has 2 aliphatic rings. The smallest absolute Gasteiger partial charge is 0.223 e. The number of hydrogen-bond donors (Lipinski definition) is 2. The maximum atomic E-state index is 12.8. The number of carbonyl (C=O) groups excluding carboxylic acids is 2. The molecular formula is C17H31AcN4O3-. The average molecular weight is 566 g/mol. The molecule has 8 heteroatoms. The molecule has 7 nitrogen and oxygen atoms in total. The van der Waals surface area contributed by atoms with E-state index in [0.717, 1.165) is 6.42 Å². The Balaban J connectivity index is 0.00000312. The molecule has 2 aliphatic heterocycles. The molecule has 5 atom stereocenters. The Morgan fingerprint density at radius 1 is 1.44 bits per heavy atom. The number of amides is 1. The SMILES string of the molecule is CCC(CC(=O)C1CCN2CC(C)([NH-])C(=O)N12)C(O)C(CC)NC.[Ac]. The van der Waals surface area contributed by atoms with Crippen LogP contribution in [0.2, 0.25) is 0 Å². The molecule has 0 aromatic rings. The molecule has 2 fully saturated rings. The Hall–Kier alpha value is 0.422. The molecule has 25 heavy (non-hydrogen) atoms. The van der Waals surface area contributed by atoms with Gasteiger partial charge in [-0.05, 0) is 31.3 Å². The quantitative estimate of drug-likeness (QED) is 0.457. The number of aliphatic hydroxyl groups is 1. The topological polar surface area (TPSA) is 96.7 Å². The summed E-state index contributed by atoms with van der Waals surface area (Å²) in [5, 5.41) is 17.0. The number of ketones is 1. The van der Waals surface area contributed by atoms with E-state index in [2.05, 4.69) is 5.32 Å². The van der Waals surface area contributed by atoms with Crippen LogP contribution in [0.15, 0.2) is 0 Å². The number of rotatable bonds is 8. The second kappa shape index (κ2) is 9.57. The Labute approximate surface area is 186 Å². The summed E-state index contributed by atoms with van der Waals surface area (Å²) >= 11 is 0. The number of likely N-dealkylation sites (N-methyl/N-ethyl adjacent to an activating group) is 1. The molecule has 2 rings (SSSR count). The molecule has 0 aromatic carbocycles. The van der Waals surface area contributed by atoms with Crippen LogP contribution < -0.4 is 5.32 Å². The second-order valence-corrected chi connectivity index (χ2v) is 7.31. The van der Waals surface area contributed by atoms with Crippen LogP contribution in [0.25, 0.3) is 5.73 Å². The number of carbonyl (C=O) groups is 2. The summed E-state index contributed by atoms with van der Waals surface area (Å²) in [7, 11) is 1.82. The van der Waals surface area contributed by atoms with Crippen molar-refractivity contribution in [1.29, 1.82) is 0 Å². The zero-order chi connectivity index (χ0) is 18.1. The zero-order valence-corrected chi connectivity index (χ0v) is 20.5. The van der Waals surface area contributed by atoms with E-state index in [1.54, 1.807) is 6.92 Å². The van der Waals surface area contributed by atoms with Crippen LogP contribution in [0.4, 0.5) is 0 Å². The maximum absolute atomic E-state index is 12.8. The number of hydrazine groups is 1. The van der Waals surface area contributed by atoms with Crippen molar-refractivity contribution in [1.82, 2.24) is 15.3 Å². The molecule has 1 amide bonds. The summed E-state index contributed by atoms with van der Waals surface area (Å²) in [5.41, 5.74) is 6.92. The number of aliphatic hydroxyl groups excluding tert-OH is 1. The van der Waals surface area contributed by atoms with Gasteiger partial charge in [-0.2, -0.15) is 0 Å². The van der Waals surface area contributed by atoms with Crippen LogP contribution in [0.3, 0.4) is 0 Å². The standard InChI is InChI=1S/C17H31N4O3.Ac/c1-5-11(15(23)12(6-2)19-4)9-14(22)13-7-8-20-10-17(3,18)16(24)21(13)20;/h11-13,15,18-19,23H,5-10H2,1-4H3;/q-1;. The Morgan fingerprint density at radius 3 is 2.60 bits per heavy atom. The predicted molar refractivity (Wildman–Crippen MR) is 92.1 cm³/mol. The van der Waals surface area contributed by atoms with E-state index >= 15 is 0 Å². The van der Waals surface area contributed by atoms with Crippen LogP contribution in [-0.4, -0.2) is 70.7 Å². The van der Waals surface area contributed by atoms with E-state index in [4.69, 9.17) is 5.73 Å². The minimum atomic E-state index is -1.16. The van der Waals surface area contributed by atoms with E-state index in [-0.39, 0.29) is 74.1 Å². The fourth-order valence-corrected chi connectivity index (χ4v) is 3.95. The van der Waals surface area contributed by atoms with E-state index < -0.39 is 17.7 Å². The van der Waals surface area contributed by atoms with Gasteiger partial charge in [0.1, 0.15) is 6.04 Å². The monoisotopic (exact) mass is 566 g/mol. The van der Waals surface area contributed by atoms with Gasteiger partial charge in [-0.1, -0.05) is 27.2 Å². The molecular weight excluding hydrogens is 535 g/mol. The second-order valence-electron chi connectivity index (χ2n) is 7.31. The van der Waals surface area contributed by atoms with Crippen LogP contribution in [0.5, 0.6) is 0 Å². The largest absolute Gasteiger partial charge is 0.663 e. The third-order valence-corrected chi connectivity index (χ3v) is 5.50. The van der Waals surface area contributed by atoms with Gasteiger partial charge in [0, 0.05) is 69.6 Å². The van der Waals surface area contributed by atoms with Gasteiger partial charge in [-0.3, -0.25) is 14.6 Å². The van der Waals surface area contributed by atoms with Crippen LogP contribution in [0.1, 0.15) is 46.5 Å². The first-order chi connectivity index (χ1) is 11.3. The van der Waals surface area contributed by atoms with Crippen molar-refractivity contribution in [2.45, 2.75) is 70.2 Å². The van der Waals surface area contributed by atoms with Crippen molar-refractivity contribution in [3.63, 3.8) is 0 Å². The minimum absolute atomic E-state index is 0. The van der Waals surface area contributed by atoms with Gasteiger partial charge in [0.15, 0.2) is 5.78 Å². The zero-order valence-electron chi connectivity index (χ0n) is 15.8. The molecule has 2 heterocycles. The number of Topliss-reactive ketones (excluding diaryl/α,β-unsaturated/α-hetero) is 1. The van der Waals surface area contributed by atoms with Gasteiger partial charge in [0.2, 0.25) is 5.91 Å². The van der Waals surface area contributed by atoms with Crippen molar-refractivity contribution in [3.8, 4) is 0 Å². The normalized spacial score (nSPS) is 29.9. The number of hydrogen-bond acceptors (Lipinski definition) is 5. The molecule has 2 saturated heterocycles. The van der Waals surface area contributed by atoms with Crippen molar-refractivity contribution in [2.75, 3.05) is 20.1 Å². The molecule has 0 aromatic heterocycles. The molecule has 0 aliphatic carbocycles.